The molecule has 19 heavy (non-hydrogen) atoms. The van der Waals surface area contributed by atoms with E-state index in [1.165, 1.54) is 0 Å². The van der Waals surface area contributed by atoms with Crippen LogP contribution < -0.4 is 15.7 Å². The maximum atomic E-state index is 11.1. The Morgan fingerprint density at radius 2 is 2.32 bits per heavy atom. The second kappa shape index (κ2) is 4.85. The molecule has 0 radical (unpaired) electrons. The molecular weight excluding hydrogens is 246 g/mol. The Balaban J connectivity index is 1.89. The van der Waals surface area contributed by atoms with Crippen molar-refractivity contribution in [1.82, 2.24) is 25.5 Å². The lowest BCUT2D eigenvalue weighted by atomic mass is 10.2. The van der Waals surface area contributed by atoms with Crippen LogP contribution in [0.2, 0.25) is 0 Å². The van der Waals surface area contributed by atoms with Crippen LogP contribution in [0.1, 0.15) is 12.0 Å². The summed E-state index contributed by atoms with van der Waals surface area (Å²) in [5, 5.41) is 9.44. The van der Waals surface area contributed by atoms with Gasteiger partial charge in [0.15, 0.2) is 5.82 Å². The van der Waals surface area contributed by atoms with Crippen molar-refractivity contribution < 1.29 is 4.74 Å². The summed E-state index contributed by atoms with van der Waals surface area (Å²) in [6.45, 7) is 3.76. The van der Waals surface area contributed by atoms with E-state index in [9.17, 15) is 4.79 Å². The number of nitrogens with one attached hydrogen (secondary N) is 3. The Kier molecular flexibility index (Phi) is 3.04. The second-order valence-corrected chi connectivity index (χ2v) is 4.63. The number of aromatic amines is 2. The molecule has 3 rings (SSSR count). The topological polar surface area (TPSA) is 95.7 Å². The minimum Gasteiger partial charge on any atom is -0.473 e. The minimum absolute atomic E-state index is 0.153. The summed E-state index contributed by atoms with van der Waals surface area (Å²) in [7, 11) is 0. The van der Waals surface area contributed by atoms with Crippen molar-refractivity contribution in [3.63, 3.8) is 0 Å². The highest BCUT2D eigenvalue weighted by atomic mass is 16.5. The van der Waals surface area contributed by atoms with Crippen molar-refractivity contribution in [1.29, 1.82) is 0 Å². The molecule has 0 amide bonds. The van der Waals surface area contributed by atoms with Gasteiger partial charge in [-0.2, -0.15) is 5.10 Å². The van der Waals surface area contributed by atoms with E-state index in [4.69, 9.17) is 4.74 Å². The molecule has 1 saturated heterocycles. The van der Waals surface area contributed by atoms with Crippen LogP contribution in [0.25, 0.3) is 11.5 Å². The van der Waals surface area contributed by atoms with Gasteiger partial charge in [0, 0.05) is 12.6 Å². The lowest BCUT2D eigenvalue weighted by Crippen LogP contribution is -2.20. The first-order chi connectivity index (χ1) is 9.20. The molecule has 1 atom stereocenters. The average Bonchev–Trinajstić information content (AvgIpc) is 3.00. The number of aryl methyl sites for hydroxylation is 1. The van der Waals surface area contributed by atoms with Gasteiger partial charge in [-0.25, -0.2) is 14.9 Å². The summed E-state index contributed by atoms with van der Waals surface area (Å²) < 4.78 is 5.82. The smallest absolute Gasteiger partial charge is 0.340 e. The molecule has 0 aromatic carbocycles. The lowest BCUT2D eigenvalue weighted by molar-refractivity contribution is 0.214. The first kappa shape index (κ1) is 11.9. The largest absolute Gasteiger partial charge is 0.473 e. The summed E-state index contributed by atoms with van der Waals surface area (Å²) >= 11 is 0. The Hall–Kier alpha value is -2.15. The normalized spacial score (nSPS) is 18.7. The van der Waals surface area contributed by atoms with E-state index >= 15 is 0 Å². The van der Waals surface area contributed by atoms with Crippen molar-refractivity contribution >= 4 is 0 Å². The molecule has 0 bridgehead atoms. The van der Waals surface area contributed by atoms with Crippen molar-refractivity contribution in [2.75, 3.05) is 13.1 Å². The molecule has 3 N–H and O–H groups in total. The van der Waals surface area contributed by atoms with Crippen molar-refractivity contribution in [3.8, 4) is 17.4 Å². The fourth-order valence-electron chi connectivity index (χ4n) is 2.11. The predicted octanol–water partition coefficient (Wildman–Crippen LogP) is 0.209. The number of H-pyrrole nitrogens is 2. The molecule has 1 unspecified atom stereocenters. The minimum atomic E-state index is -0.347. The van der Waals surface area contributed by atoms with Crippen LogP contribution in [0.3, 0.4) is 0 Å². The highest BCUT2D eigenvalue weighted by Crippen LogP contribution is 2.20. The number of nitrogens with zero attached hydrogens (tertiary/aromatic N) is 2. The molecule has 0 aliphatic carbocycles. The van der Waals surface area contributed by atoms with Crippen molar-refractivity contribution in [3.05, 3.63) is 28.2 Å². The van der Waals surface area contributed by atoms with E-state index in [-0.39, 0.29) is 11.8 Å². The third kappa shape index (κ3) is 2.65. The quantitative estimate of drug-likeness (QED) is 0.734. The zero-order valence-electron chi connectivity index (χ0n) is 10.6. The SMILES string of the molecule is Cc1cc(OC2CCNC2)nc(-c2n[nH]c(=O)[nH]2)c1. The Labute approximate surface area is 109 Å². The molecule has 0 saturated carbocycles. The number of pyridine rings is 1. The summed E-state index contributed by atoms with van der Waals surface area (Å²) in [4.78, 5) is 18.0. The van der Waals surface area contributed by atoms with Crippen molar-refractivity contribution in [2.45, 2.75) is 19.4 Å². The van der Waals surface area contributed by atoms with E-state index in [1.54, 1.807) is 0 Å². The van der Waals surface area contributed by atoms with Gasteiger partial charge in [-0.15, -0.1) is 0 Å². The van der Waals surface area contributed by atoms with E-state index in [1.807, 2.05) is 19.1 Å². The molecule has 2 aromatic heterocycles. The average molecular weight is 261 g/mol. The molecule has 1 aliphatic rings. The Bertz CT molecular complexity index is 627. The van der Waals surface area contributed by atoms with Crippen LogP contribution in [0, 0.1) is 6.92 Å². The van der Waals surface area contributed by atoms with Gasteiger partial charge in [-0.3, -0.25) is 4.98 Å². The van der Waals surface area contributed by atoms with Gasteiger partial charge in [-0.05, 0) is 31.5 Å². The third-order valence-corrected chi connectivity index (χ3v) is 2.99. The van der Waals surface area contributed by atoms with E-state index in [2.05, 4.69) is 25.5 Å². The lowest BCUT2D eigenvalue weighted by Gasteiger charge is -2.12. The van der Waals surface area contributed by atoms with E-state index < -0.39 is 0 Å². The molecule has 2 aromatic rings. The van der Waals surface area contributed by atoms with Gasteiger partial charge in [0.2, 0.25) is 5.88 Å². The predicted molar refractivity (Wildman–Crippen MR) is 69.1 cm³/mol. The van der Waals surface area contributed by atoms with Gasteiger partial charge in [0.05, 0.1) is 0 Å². The maximum absolute atomic E-state index is 11.1. The molecule has 100 valence electrons. The Morgan fingerprint density at radius 3 is 3.00 bits per heavy atom. The van der Waals surface area contributed by atoms with Crippen LogP contribution in [0.15, 0.2) is 16.9 Å². The highest BCUT2D eigenvalue weighted by molar-refractivity contribution is 5.50. The van der Waals surface area contributed by atoms with Crippen LogP contribution >= 0.6 is 0 Å². The number of rotatable bonds is 3. The number of ether oxygens (including phenoxy) is 1. The van der Waals surface area contributed by atoms with Gasteiger partial charge in [0.25, 0.3) is 0 Å². The number of aromatic nitrogens is 4. The summed E-state index contributed by atoms with van der Waals surface area (Å²) in [5.74, 6) is 0.982. The highest BCUT2D eigenvalue weighted by Gasteiger charge is 2.17. The summed E-state index contributed by atoms with van der Waals surface area (Å²) in [6.07, 6.45) is 1.13. The Morgan fingerprint density at radius 1 is 1.42 bits per heavy atom. The summed E-state index contributed by atoms with van der Waals surface area (Å²) in [6, 6.07) is 3.73. The number of hydrogen-bond donors (Lipinski definition) is 3. The molecular formula is C12H15N5O2. The van der Waals surface area contributed by atoms with Crippen LogP contribution in [-0.4, -0.2) is 39.4 Å². The first-order valence-corrected chi connectivity index (χ1v) is 6.22. The molecule has 1 fully saturated rings. The molecule has 7 nitrogen and oxygen atoms in total. The second-order valence-electron chi connectivity index (χ2n) is 4.63. The van der Waals surface area contributed by atoms with Gasteiger partial charge in [0.1, 0.15) is 11.8 Å². The fourth-order valence-corrected chi connectivity index (χ4v) is 2.11. The molecule has 3 heterocycles. The maximum Gasteiger partial charge on any atom is 0.340 e. The van der Waals surface area contributed by atoms with Gasteiger partial charge >= 0.3 is 5.69 Å². The van der Waals surface area contributed by atoms with Gasteiger partial charge < -0.3 is 10.1 Å². The zero-order chi connectivity index (χ0) is 13.2. The molecule has 0 spiro atoms. The van der Waals surface area contributed by atoms with Crippen molar-refractivity contribution in [2.24, 2.45) is 0 Å². The monoisotopic (exact) mass is 261 g/mol. The van der Waals surface area contributed by atoms with Gasteiger partial charge in [-0.1, -0.05) is 0 Å². The number of hydrogen-bond acceptors (Lipinski definition) is 5. The van der Waals surface area contributed by atoms with Crippen LogP contribution in [-0.2, 0) is 0 Å². The van der Waals surface area contributed by atoms with Crippen LogP contribution in [0.5, 0.6) is 5.88 Å². The van der Waals surface area contributed by atoms with E-state index in [0.29, 0.717) is 17.4 Å². The fraction of sp³-hybridized carbons (Fsp3) is 0.417. The summed E-state index contributed by atoms with van der Waals surface area (Å²) in [5.41, 5.74) is 1.26. The van der Waals surface area contributed by atoms with Crippen LogP contribution in [0.4, 0.5) is 0 Å². The molecule has 7 heteroatoms. The first-order valence-electron chi connectivity index (χ1n) is 6.22. The standard InChI is InChI=1S/C12H15N5O2/c1-7-4-9(11-15-12(18)17-16-11)14-10(5-7)19-8-2-3-13-6-8/h4-5,8,13H,2-3,6H2,1H3,(H2,15,16,17,18). The zero-order valence-corrected chi connectivity index (χ0v) is 10.6. The molecule has 1 aliphatic heterocycles. The van der Waals surface area contributed by atoms with E-state index in [0.717, 1.165) is 25.1 Å². The third-order valence-electron chi connectivity index (χ3n) is 2.99.